The predicted octanol–water partition coefficient (Wildman–Crippen LogP) is 0.307. The van der Waals surface area contributed by atoms with Gasteiger partial charge in [0.15, 0.2) is 0 Å². The van der Waals surface area contributed by atoms with Crippen molar-refractivity contribution in [2.75, 3.05) is 19.1 Å². The minimum absolute atomic E-state index is 0.210. The van der Waals surface area contributed by atoms with E-state index in [2.05, 4.69) is 9.97 Å². The Bertz CT molecular complexity index is 289. The molecule has 0 spiro atoms. The Labute approximate surface area is 65.2 Å². The molecule has 0 fully saturated rings. The molecule has 1 heterocycles. The molecule has 4 nitrogen and oxygen atoms in total. The lowest BCUT2D eigenvalue weighted by Crippen LogP contribution is -2.07. The Hall–Kier alpha value is -0.890. The van der Waals surface area contributed by atoms with Gasteiger partial charge in [0.2, 0.25) is 5.95 Å². The van der Waals surface area contributed by atoms with E-state index in [4.69, 9.17) is 5.73 Å². The van der Waals surface area contributed by atoms with Crippen LogP contribution in [0.5, 0.6) is 0 Å². The van der Waals surface area contributed by atoms with E-state index in [9.17, 15) is 4.57 Å². The average Bonchev–Trinajstić information content (AvgIpc) is 1.86. The second kappa shape index (κ2) is 2.62. The molecular formula is C6H10N3OP. The molecule has 0 saturated carbocycles. The number of anilines is 1. The molecule has 0 aliphatic carbocycles. The van der Waals surface area contributed by atoms with E-state index in [1.54, 1.807) is 13.3 Å². The minimum Gasteiger partial charge on any atom is -0.368 e. The summed E-state index contributed by atoms with van der Waals surface area (Å²) in [6.45, 7) is 3.34. The van der Waals surface area contributed by atoms with Crippen LogP contribution in [0.4, 0.5) is 5.95 Å². The maximum atomic E-state index is 11.4. The van der Waals surface area contributed by atoms with Gasteiger partial charge in [-0.2, -0.15) is 0 Å². The lowest BCUT2D eigenvalue weighted by molar-refractivity contribution is 0.588. The molecule has 60 valence electrons. The van der Waals surface area contributed by atoms with Crippen LogP contribution >= 0.6 is 7.14 Å². The molecule has 0 bridgehead atoms. The third-order valence-corrected chi connectivity index (χ3v) is 2.75. The molecule has 0 radical (unpaired) electrons. The van der Waals surface area contributed by atoms with Crippen molar-refractivity contribution in [1.29, 1.82) is 0 Å². The summed E-state index contributed by atoms with van der Waals surface area (Å²) in [4.78, 5) is 7.48. The van der Waals surface area contributed by atoms with Crippen LogP contribution in [0.25, 0.3) is 0 Å². The maximum Gasteiger partial charge on any atom is 0.219 e. The predicted molar refractivity (Wildman–Crippen MR) is 45.5 cm³/mol. The van der Waals surface area contributed by atoms with Crippen LogP contribution in [0.2, 0.25) is 0 Å². The molecule has 1 rings (SSSR count). The first-order valence-corrected chi connectivity index (χ1v) is 5.73. The molecular weight excluding hydrogens is 161 g/mol. The van der Waals surface area contributed by atoms with Gasteiger partial charge in [0.05, 0.1) is 0 Å². The normalized spacial score (nSPS) is 11.5. The van der Waals surface area contributed by atoms with E-state index in [1.165, 1.54) is 12.4 Å². The quantitative estimate of drug-likeness (QED) is 0.617. The number of aromatic nitrogens is 2. The van der Waals surface area contributed by atoms with Gasteiger partial charge in [0.25, 0.3) is 0 Å². The Kier molecular flexibility index (Phi) is 1.96. The van der Waals surface area contributed by atoms with Gasteiger partial charge >= 0.3 is 0 Å². The molecule has 1 aromatic rings. The summed E-state index contributed by atoms with van der Waals surface area (Å²) in [7, 11) is -2.22. The van der Waals surface area contributed by atoms with Crippen LogP contribution in [-0.2, 0) is 4.57 Å². The fourth-order valence-electron chi connectivity index (χ4n) is 0.609. The van der Waals surface area contributed by atoms with E-state index in [-0.39, 0.29) is 5.95 Å². The van der Waals surface area contributed by atoms with Crippen molar-refractivity contribution in [1.82, 2.24) is 9.97 Å². The van der Waals surface area contributed by atoms with E-state index < -0.39 is 7.14 Å². The minimum atomic E-state index is -2.22. The molecule has 0 aliphatic rings. The topological polar surface area (TPSA) is 68.9 Å². The molecule has 1 aromatic heterocycles. The van der Waals surface area contributed by atoms with Gasteiger partial charge in [-0.1, -0.05) is 0 Å². The SMILES string of the molecule is CP(C)(=O)c1cnc(N)nc1. The third-order valence-electron chi connectivity index (χ3n) is 1.28. The van der Waals surface area contributed by atoms with E-state index in [1.807, 2.05) is 0 Å². The highest BCUT2D eigenvalue weighted by Gasteiger charge is 2.10. The van der Waals surface area contributed by atoms with Crippen LogP contribution in [-0.4, -0.2) is 23.3 Å². The van der Waals surface area contributed by atoms with Crippen molar-refractivity contribution in [3.05, 3.63) is 12.4 Å². The molecule has 0 amide bonds. The largest absolute Gasteiger partial charge is 0.368 e. The van der Waals surface area contributed by atoms with E-state index >= 15 is 0 Å². The highest BCUT2D eigenvalue weighted by Crippen LogP contribution is 2.33. The number of hydrogen-bond acceptors (Lipinski definition) is 4. The summed E-state index contributed by atoms with van der Waals surface area (Å²) in [6.07, 6.45) is 3.01. The highest BCUT2D eigenvalue weighted by atomic mass is 31.2. The zero-order valence-corrected chi connectivity index (χ0v) is 7.38. The molecule has 11 heavy (non-hydrogen) atoms. The highest BCUT2D eigenvalue weighted by molar-refractivity contribution is 7.70. The van der Waals surface area contributed by atoms with Crippen LogP contribution in [0.3, 0.4) is 0 Å². The van der Waals surface area contributed by atoms with Crippen molar-refractivity contribution in [3.63, 3.8) is 0 Å². The summed E-state index contributed by atoms with van der Waals surface area (Å²) in [6, 6.07) is 0. The average molecular weight is 171 g/mol. The van der Waals surface area contributed by atoms with Crippen molar-refractivity contribution in [3.8, 4) is 0 Å². The van der Waals surface area contributed by atoms with Crippen LogP contribution in [0.15, 0.2) is 12.4 Å². The Balaban J connectivity index is 3.09. The van der Waals surface area contributed by atoms with Crippen molar-refractivity contribution in [2.24, 2.45) is 0 Å². The summed E-state index contributed by atoms with van der Waals surface area (Å²) in [5, 5.41) is 0.659. The summed E-state index contributed by atoms with van der Waals surface area (Å²) >= 11 is 0. The molecule has 5 heteroatoms. The number of nitrogens with two attached hydrogens (primary N) is 1. The lowest BCUT2D eigenvalue weighted by Gasteiger charge is -2.04. The fourth-order valence-corrected chi connectivity index (χ4v) is 1.28. The number of rotatable bonds is 1. The molecule has 2 N–H and O–H groups in total. The van der Waals surface area contributed by atoms with Gasteiger partial charge < -0.3 is 10.3 Å². The van der Waals surface area contributed by atoms with Crippen molar-refractivity contribution < 1.29 is 4.57 Å². The lowest BCUT2D eigenvalue weighted by atomic mass is 10.7. The standard InChI is InChI=1S/C6H10N3OP/c1-11(2,10)5-3-8-6(7)9-4-5/h3-4H,1-2H3,(H2,7,8,9). The molecule has 0 aromatic carbocycles. The van der Waals surface area contributed by atoms with Gasteiger partial charge in [-0.05, 0) is 13.3 Å². The van der Waals surface area contributed by atoms with E-state index in [0.717, 1.165) is 0 Å². The van der Waals surface area contributed by atoms with Crippen molar-refractivity contribution in [2.45, 2.75) is 0 Å². The first-order chi connectivity index (χ1) is 5.00. The summed E-state index contributed by atoms with van der Waals surface area (Å²) in [5.74, 6) is 0.210. The monoisotopic (exact) mass is 171 g/mol. The third kappa shape index (κ3) is 2.02. The zero-order valence-electron chi connectivity index (χ0n) is 6.48. The number of nitrogen functional groups attached to an aromatic ring is 1. The smallest absolute Gasteiger partial charge is 0.219 e. The Morgan fingerprint density at radius 1 is 1.36 bits per heavy atom. The molecule has 0 atom stereocenters. The number of nitrogens with zero attached hydrogens (tertiary/aromatic N) is 2. The fraction of sp³-hybridized carbons (Fsp3) is 0.333. The molecule has 0 saturated heterocycles. The van der Waals surface area contributed by atoms with E-state index in [0.29, 0.717) is 5.30 Å². The van der Waals surface area contributed by atoms with Crippen LogP contribution in [0.1, 0.15) is 0 Å². The van der Waals surface area contributed by atoms with Gasteiger partial charge in [0, 0.05) is 17.7 Å². The van der Waals surface area contributed by atoms with Crippen molar-refractivity contribution >= 4 is 18.4 Å². The zero-order chi connectivity index (χ0) is 8.48. The second-order valence-corrected chi connectivity index (χ2v) is 5.87. The molecule has 0 aliphatic heterocycles. The van der Waals surface area contributed by atoms with Crippen LogP contribution < -0.4 is 11.0 Å². The van der Waals surface area contributed by atoms with Gasteiger partial charge in [-0.15, -0.1) is 0 Å². The Morgan fingerprint density at radius 3 is 2.18 bits per heavy atom. The second-order valence-electron chi connectivity index (χ2n) is 2.65. The summed E-state index contributed by atoms with van der Waals surface area (Å²) in [5.41, 5.74) is 5.26. The summed E-state index contributed by atoms with van der Waals surface area (Å²) < 4.78 is 11.4. The molecule has 0 unspecified atom stereocenters. The van der Waals surface area contributed by atoms with Crippen LogP contribution in [0, 0.1) is 0 Å². The van der Waals surface area contributed by atoms with Gasteiger partial charge in [0.1, 0.15) is 7.14 Å². The van der Waals surface area contributed by atoms with Gasteiger partial charge in [-0.3, -0.25) is 0 Å². The van der Waals surface area contributed by atoms with Gasteiger partial charge in [-0.25, -0.2) is 9.97 Å². The Morgan fingerprint density at radius 2 is 1.82 bits per heavy atom. The first kappa shape index (κ1) is 8.21. The maximum absolute atomic E-state index is 11.4. The first-order valence-electron chi connectivity index (χ1n) is 3.13. The number of hydrogen-bond donors (Lipinski definition) is 1.